The number of benzene rings is 4. The molecule has 0 spiro atoms. The molecule has 5 rings (SSSR count). The van der Waals surface area contributed by atoms with Gasteiger partial charge in [0.25, 0.3) is 0 Å². The average Bonchev–Trinajstić information content (AvgIpc) is 3.83. The lowest BCUT2D eigenvalue weighted by atomic mass is 10.1. The van der Waals surface area contributed by atoms with E-state index in [1.54, 1.807) is 60.7 Å². The molecule has 1 fully saturated rings. The quantitative estimate of drug-likeness (QED) is 0.0364. The summed E-state index contributed by atoms with van der Waals surface area (Å²) in [6, 6.07) is 27.3. The van der Waals surface area contributed by atoms with Crippen LogP contribution in [0.5, 0.6) is 23.0 Å². The molecule has 5 N–H and O–H groups in total. The summed E-state index contributed by atoms with van der Waals surface area (Å²) in [6.07, 6.45) is 8.04. The Kier molecular flexibility index (Phi) is 27.8. The van der Waals surface area contributed by atoms with Crippen LogP contribution in [-0.2, 0) is 23.9 Å². The van der Waals surface area contributed by atoms with Gasteiger partial charge in [-0.2, -0.15) is 0 Å². The van der Waals surface area contributed by atoms with Gasteiger partial charge < -0.3 is 44.5 Å². The average molecular weight is 898 g/mol. The third-order valence-corrected chi connectivity index (χ3v) is 7.56. The second-order valence-corrected chi connectivity index (χ2v) is 12.8. The molecule has 0 bridgehead atoms. The van der Waals surface area contributed by atoms with E-state index in [0.717, 1.165) is 36.9 Å². The van der Waals surface area contributed by atoms with Crippen molar-refractivity contribution in [1.29, 1.82) is 0 Å². The highest BCUT2D eigenvalue weighted by atomic mass is 79.9. The minimum absolute atomic E-state index is 0.0301. The van der Waals surface area contributed by atoms with Gasteiger partial charge in [-0.05, 0) is 96.8 Å². The molecule has 1 heterocycles. The first kappa shape index (κ1) is 51.5. The van der Waals surface area contributed by atoms with E-state index >= 15 is 0 Å². The normalized spacial score (nSPS) is 10.9. The van der Waals surface area contributed by atoms with E-state index in [0.29, 0.717) is 33.7 Å². The third kappa shape index (κ3) is 28.0. The monoisotopic (exact) mass is 896 g/mol. The van der Waals surface area contributed by atoms with Crippen LogP contribution in [0.25, 0.3) is 12.2 Å². The zero-order valence-corrected chi connectivity index (χ0v) is 34.3. The number of phenols is 1. The van der Waals surface area contributed by atoms with Crippen molar-refractivity contribution >= 4 is 64.5 Å². The highest BCUT2D eigenvalue weighted by Crippen LogP contribution is 2.17. The first-order chi connectivity index (χ1) is 28.8. The maximum absolute atomic E-state index is 10.4. The number of carbonyl (C=O) groups is 6. The molecule has 0 saturated carbocycles. The van der Waals surface area contributed by atoms with E-state index < -0.39 is 23.9 Å². The highest BCUT2D eigenvalue weighted by Gasteiger charge is 2.01. The van der Waals surface area contributed by atoms with Gasteiger partial charge in [0.2, 0.25) is 0 Å². The second kappa shape index (κ2) is 32.4. The smallest absolute Gasteiger partial charge is 0.306 e. The number of aromatic hydroxyl groups is 1. The number of aldehydes is 2. The van der Waals surface area contributed by atoms with Crippen molar-refractivity contribution in [3.05, 3.63) is 119 Å². The minimum atomic E-state index is -0.894. The van der Waals surface area contributed by atoms with Crippen molar-refractivity contribution in [2.75, 3.05) is 38.4 Å². The lowest BCUT2D eigenvalue weighted by Crippen LogP contribution is -2.04. The number of phenolic OH excluding ortho intramolecular Hbond substituents is 1. The minimum Gasteiger partial charge on any atom is -0.508 e. The Morgan fingerprint density at radius 1 is 0.500 bits per heavy atom. The van der Waals surface area contributed by atoms with Gasteiger partial charge >= 0.3 is 23.9 Å². The number of carboxylic acids is 4. The number of halogens is 1. The van der Waals surface area contributed by atoms with Gasteiger partial charge in [-0.25, -0.2) is 0 Å². The largest absolute Gasteiger partial charge is 0.508 e. The number of hydrogen-bond donors (Lipinski definition) is 5. The number of ether oxygens (including phenoxy) is 4. The first-order valence-electron chi connectivity index (χ1n) is 18.4. The Morgan fingerprint density at radius 2 is 0.800 bits per heavy atom. The van der Waals surface area contributed by atoms with Gasteiger partial charge in [0.05, 0.1) is 45.5 Å². The highest BCUT2D eigenvalue weighted by molar-refractivity contribution is 9.09. The molecular weight excluding hydrogens is 848 g/mol. The second-order valence-electron chi connectivity index (χ2n) is 12.0. The Labute approximate surface area is 355 Å². The number of rotatable bonds is 18. The SMILES string of the molecule is C1CCOC1.O=C(O)CCBr.O=C(O)CCOc1ccc(/C=C/c2ccc(OCCC(=O)O)cc2)cc1.O=Cc1ccc(O)cc1.O=Cc1ccc(OCCC(=O)O)cc1. The van der Waals surface area contributed by atoms with Crippen LogP contribution in [-0.4, -0.2) is 100 Å². The predicted molar refractivity (Wildman–Crippen MR) is 226 cm³/mol. The molecule has 0 unspecified atom stereocenters. The summed E-state index contributed by atoms with van der Waals surface area (Å²) in [5, 5.41) is 42.7. The van der Waals surface area contributed by atoms with Crippen molar-refractivity contribution in [1.82, 2.24) is 0 Å². The molecule has 15 nitrogen and oxygen atoms in total. The predicted octanol–water partition coefficient (Wildman–Crippen LogP) is 7.77. The molecule has 0 aliphatic carbocycles. The topological polar surface area (TPSA) is 240 Å². The van der Waals surface area contributed by atoms with Crippen molar-refractivity contribution in [3.63, 3.8) is 0 Å². The van der Waals surface area contributed by atoms with Crippen LogP contribution in [0.4, 0.5) is 0 Å². The molecule has 1 aliphatic heterocycles. The lowest BCUT2D eigenvalue weighted by molar-refractivity contribution is -0.138. The van der Waals surface area contributed by atoms with E-state index in [1.807, 2.05) is 36.4 Å². The molecular formula is C44H49BrO15. The molecule has 0 radical (unpaired) electrons. The fraction of sp³-hybridized carbons (Fsp3) is 0.273. The Morgan fingerprint density at radius 3 is 1.03 bits per heavy atom. The van der Waals surface area contributed by atoms with Gasteiger partial charge in [0.15, 0.2) is 0 Å². The summed E-state index contributed by atoms with van der Waals surface area (Å²) in [5.74, 6) is -1.41. The van der Waals surface area contributed by atoms with Crippen LogP contribution < -0.4 is 14.2 Å². The summed E-state index contributed by atoms with van der Waals surface area (Å²) in [4.78, 5) is 61.0. The summed E-state index contributed by atoms with van der Waals surface area (Å²) in [7, 11) is 0. The number of carboxylic acid groups (broad SMARTS) is 4. The molecule has 0 amide bonds. The summed E-state index contributed by atoms with van der Waals surface area (Å²) >= 11 is 2.97. The van der Waals surface area contributed by atoms with Gasteiger partial charge in [-0.1, -0.05) is 52.3 Å². The number of hydrogen-bond acceptors (Lipinski definition) is 11. The molecule has 0 atom stereocenters. The number of alkyl halides is 1. The first-order valence-corrected chi connectivity index (χ1v) is 19.5. The summed E-state index contributed by atoms with van der Waals surface area (Å²) < 4.78 is 20.7. The fourth-order valence-electron chi connectivity index (χ4n) is 4.10. The van der Waals surface area contributed by atoms with Crippen LogP contribution in [0.2, 0.25) is 0 Å². The Hall–Kier alpha value is -6.52. The van der Waals surface area contributed by atoms with E-state index in [2.05, 4.69) is 15.9 Å². The number of carbonyl (C=O) groups excluding carboxylic acids is 2. The molecule has 4 aromatic carbocycles. The van der Waals surface area contributed by atoms with Crippen LogP contribution in [0.15, 0.2) is 97.1 Å². The van der Waals surface area contributed by atoms with Crippen LogP contribution in [0, 0.1) is 0 Å². The third-order valence-electron chi connectivity index (χ3n) is 7.16. The van der Waals surface area contributed by atoms with Crippen molar-refractivity contribution in [3.8, 4) is 23.0 Å². The fourth-order valence-corrected chi connectivity index (χ4v) is 4.44. The zero-order valence-electron chi connectivity index (χ0n) is 32.7. The van der Waals surface area contributed by atoms with Gasteiger partial charge in [0, 0.05) is 29.7 Å². The Bertz CT molecular complexity index is 1780. The van der Waals surface area contributed by atoms with Crippen molar-refractivity contribution < 1.29 is 73.2 Å². The molecule has 0 aromatic heterocycles. The maximum Gasteiger partial charge on any atom is 0.306 e. The van der Waals surface area contributed by atoms with E-state index in [9.17, 15) is 28.8 Å². The summed E-state index contributed by atoms with van der Waals surface area (Å²) in [6.45, 7) is 2.42. The standard InChI is InChI=1S/C20H20O6.C10H10O4.C7H6O2.C4H8O.C3H5BrO2/c21-19(22)11-13-25-17-7-3-15(4-8-17)1-2-16-5-9-18(10-6-16)26-14-12-20(23)24;11-7-8-1-3-9(4-2-8)14-6-5-10(12)13;8-5-6-1-3-7(9)4-2-6;1-2-4-5-3-1;4-2-1-3(5)6/h1-10H,11-14H2,(H,21,22)(H,23,24);1-4,7H,5-6H2,(H,12,13);1-5,9H;1-4H2;1-2H2,(H,5,6)/b2-1+;;;;. The molecule has 60 heavy (non-hydrogen) atoms. The van der Waals surface area contributed by atoms with Gasteiger partial charge in [-0.15, -0.1) is 0 Å². The molecule has 1 aliphatic rings. The number of aliphatic carboxylic acids is 4. The Balaban J connectivity index is 0.000000438. The molecule has 16 heteroatoms. The molecule has 4 aromatic rings. The van der Waals surface area contributed by atoms with E-state index in [1.165, 1.54) is 25.0 Å². The van der Waals surface area contributed by atoms with Crippen molar-refractivity contribution in [2.45, 2.75) is 38.5 Å². The van der Waals surface area contributed by atoms with Crippen LogP contribution >= 0.6 is 15.9 Å². The molecule has 322 valence electrons. The van der Waals surface area contributed by atoms with Gasteiger partial charge in [-0.3, -0.25) is 28.8 Å². The zero-order chi connectivity index (χ0) is 44.4. The van der Waals surface area contributed by atoms with E-state index in [-0.39, 0.29) is 51.3 Å². The van der Waals surface area contributed by atoms with Crippen molar-refractivity contribution in [2.24, 2.45) is 0 Å². The summed E-state index contributed by atoms with van der Waals surface area (Å²) in [5.41, 5.74) is 3.11. The lowest BCUT2D eigenvalue weighted by Gasteiger charge is -2.05. The van der Waals surface area contributed by atoms with Crippen LogP contribution in [0.1, 0.15) is 70.4 Å². The van der Waals surface area contributed by atoms with Gasteiger partial charge in [0.1, 0.15) is 35.6 Å². The van der Waals surface area contributed by atoms with Crippen LogP contribution in [0.3, 0.4) is 0 Å². The molecule has 1 saturated heterocycles. The maximum atomic E-state index is 10.4. The van der Waals surface area contributed by atoms with E-state index in [4.69, 9.17) is 44.5 Å².